The summed E-state index contributed by atoms with van der Waals surface area (Å²) in [6.07, 6.45) is 3.10. The van der Waals surface area contributed by atoms with Crippen molar-refractivity contribution in [1.82, 2.24) is 5.32 Å². The van der Waals surface area contributed by atoms with Crippen LogP contribution in [0.4, 0.5) is 5.69 Å². The summed E-state index contributed by atoms with van der Waals surface area (Å²) in [5, 5.41) is 5.61. The molecule has 0 aromatic heterocycles. The zero-order valence-corrected chi connectivity index (χ0v) is 13.8. The molecule has 1 aliphatic heterocycles. The van der Waals surface area contributed by atoms with E-state index in [0.29, 0.717) is 30.6 Å². The predicted octanol–water partition coefficient (Wildman–Crippen LogP) is 1.90. The van der Waals surface area contributed by atoms with Crippen LogP contribution in [0, 0.1) is 5.41 Å². The van der Waals surface area contributed by atoms with Gasteiger partial charge in [-0.25, -0.2) is 0 Å². The van der Waals surface area contributed by atoms with Crippen molar-refractivity contribution in [2.45, 2.75) is 38.7 Å². The minimum atomic E-state index is -0.981. The molecule has 1 aromatic rings. The maximum atomic E-state index is 12.5. The van der Waals surface area contributed by atoms with Gasteiger partial charge in [0.05, 0.1) is 6.10 Å². The molecule has 1 saturated carbocycles. The molecule has 1 unspecified atom stereocenters. The van der Waals surface area contributed by atoms with E-state index in [1.54, 1.807) is 24.3 Å². The summed E-state index contributed by atoms with van der Waals surface area (Å²) in [5.74, 6) is -0.618. The van der Waals surface area contributed by atoms with E-state index in [4.69, 9.17) is 4.74 Å². The van der Waals surface area contributed by atoms with Crippen molar-refractivity contribution < 1.29 is 19.1 Å². The third kappa shape index (κ3) is 3.48. The Balaban J connectivity index is 1.60. The Hall–Kier alpha value is -2.21. The third-order valence-corrected chi connectivity index (χ3v) is 4.66. The lowest BCUT2D eigenvalue weighted by Gasteiger charge is -2.17. The smallest absolute Gasteiger partial charge is 0.240 e. The first kappa shape index (κ1) is 16.6. The lowest BCUT2D eigenvalue weighted by molar-refractivity contribution is -0.134. The molecule has 6 nitrogen and oxygen atoms in total. The zero-order valence-electron chi connectivity index (χ0n) is 13.8. The Morgan fingerprint density at radius 2 is 2.04 bits per heavy atom. The number of benzene rings is 1. The standard InChI is InChI=1S/C18H22N2O4/c1-12(21)13-4-2-5-14(10-13)20-17(23)18(7-8-18)16(22)19-11-15-6-3-9-24-15/h2,4-5,10,15H,3,6-9,11H2,1H3,(H,19,22)(H,20,23). The van der Waals surface area contributed by atoms with Gasteiger partial charge < -0.3 is 15.4 Å². The van der Waals surface area contributed by atoms with Gasteiger partial charge in [0.15, 0.2) is 5.78 Å². The van der Waals surface area contributed by atoms with Crippen LogP contribution in [0.1, 0.15) is 43.0 Å². The molecule has 2 amide bonds. The van der Waals surface area contributed by atoms with Crippen molar-refractivity contribution >= 4 is 23.3 Å². The number of carbonyl (C=O) groups is 3. The average Bonchev–Trinajstić information content (AvgIpc) is 3.22. The van der Waals surface area contributed by atoms with Crippen molar-refractivity contribution in [3.63, 3.8) is 0 Å². The maximum Gasteiger partial charge on any atom is 0.240 e. The monoisotopic (exact) mass is 330 g/mol. The van der Waals surface area contributed by atoms with Crippen molar-refractivity contribution in [1.29, 1.82) is 0 Å². The maximum absolute atomic E-state index is 12.5. The Kier molecular flexibility index (Phi) is 4.66. The molecule has 0 spiro atoms. The summed E-state index contributed by atoms with van der Waals surface area (Å²) in [4.78, 5) is 36.4. The van der Waals surface area contributed by atoms with Crippen LogP contribution in [0.2, 0.25) is 0 Å². The molecule has 24 heavy (non-hydrogen) atoms. The Morgan fingerprint density at radius 1 is 1.25 bits per heavy atom. The molecular weight excluding hydrogens is 308 g/mol. The van der Waals surface area contributed by atoms with Crippen LogP contribution in [-0.4, -0.2) is 36.9 Å². The van der Waals surface area contributed by atoms with Gasteiger partial charge in [-0.3, -0.25) is 14.4 Å². The molecule has 1 aromatic carbocycles. The molecule has 2 aliphatic rings. The Labute approximate surface area is 140 Å². The lowest BCUT2D eigenvalue weighted by Crippen LogP contribution is -2.42. The van der Waals surface area contributed by atoms with Crippen LogP contribution < -0.4 is 10.6 Å². The molecule has 0 bridgehead atoms. The van der Waals surface area contributed by atoms with Gasteiger partial charge in [-0.1, -0.05) is 12.1 Å². The van der Waals surface area contributed by atoms with Crippen molar-refractivity contribution in [2.75, 3.05) is 18.5 Å². The normalized spacial score (nSPS) is 21.1. The third-order valence-electron chi connectivity index (χ3n) is 4.66. The van der Waals surface area contributed by atoms with Gasteiger partial charge in [-0.15, -0.1) is 0 Å². The Morgan fingerprint density at radius 3 is 2.67 bits per heavy atom. The molecule has 0 radical (unpaired) electrons. The number of nitrogens with one attached hydrogen (secondary N) is 2. The second kappa shape index (κ2) is 6.73. The number of rotatable bonds is 6. The molecule has 2 fully saturated rings. The van der Waals surface area contributed by atoms with Crippen molar-refractivity contribution in [3.05, 3.63) is 29.8 Å². The van der Waals surface area contributed by atoms with Crippen LogP contribution in [0.15, 0.2) is 24.3 Å². The minimum absolute atomic E-state index is 0.0556. The van der Waals surface area contributed by atoms with Crippen molar-refractivity contribution in [2.24, 2.45) is 5.41 Å². The first-order valence-electron chi connectivity index (χ1n) is 8.34. The fraction of sp³-hybridized carbons (Fsp3) is 0.500. The second-order valence-corrected chi connectivity index (χ2v) is 6.52. The number of hydrogen-bond acceptors (Lipinski definition) is 4. The van der Waals surface area contributed by atoms with E-state index in [9.17, 15) is 14.4 Å². The van der Waals surface area contributed by atoms with E-state index < -0.39 is 5.41 Å². The average molecular weight is 330 g/mol. The summed E-state index contributed by atoms with van der Waals surface area (Å²) in [6.45, 7) is 2.66. The molecule has 3 rings (SSSR count). The molecule has 1 atom stereocenters. The van der Waals surface area contributed by atoms with Gasteiger partial charge in [0, 0.05) is 24.4 Å². The number of anilines is 1. The van der Waals surface area contributed by atoms with Gasteiger partial charge in [-0.05, 0) is 44.7 Å². The second-order valence-electron chi connectivity index (χ2n) is 6.52. The summed E-state index contributed by atoms with van der Waals surface area (Å²) in [6, 6.07) is 6.74. The summed E-state index contributed by atoms with van der Waals surface area (Å²) in [5.41, 5.74) is 0.0801. The number of hydrogen-bond donors (Lipinski definition) is 2. The molecule has 2 N–H and O–H groups in total. The van der Waals surface area contributed by atoms with Crippen LogP contribution >= 0.6 is 0 Å². The quantitative estimate of drug-likeness (QED) is 0.616. The van der Waals surface area contributed by atoms with E-state index in [0.717, 1.165) is 19.4 Å². The topological polar surface area (TPSA) is 84.5 Å². The van der Waals surface area contributed by atoms with E-state index in [-0.39, 0.29) is 23.7 Å². The van der Waals surface area contributed by atoms with Gasteiger partial charge in [0.2, 0.25) is 11.8 Å². The van der Waals surface area contributed by atoms with E-state index in [2.05, 4.69) is 10.6 Å². The van der Waals surface area contributed by atoms with Gasteiger partial charge in [-0.2, -0.15) is 0 Å². The molecule has 1 aliphatic carbocycles. The SMILES string of the molecule is CC(=O)c1cccc(NC(=O)C2(C(=O)NCC3CCCO3)CC2)c1. The highest BCUT2D eigenvalue weighted by Gasteiger charge is 2.56. The van der Waals surface area contributed by atoms with E-state index >= 15 is 0 Å². The molecule has 6 heteroatoms. The van der Waals surface area contributed by atoms with E-state index in [1.807, 2.05) is 0 Å². The first-order chi connectivity index (χ1) is 11.5. The minimum Gasteiger partial charge on any atom is -0.376 e. The molecule has 1 heterocycles. The number of ketones is 1. The highest BCUT2D eigenvalue weighted by molar-refractivity contribution is 6.13. The molecule has 128 valence electrons. The van der Waals surface area contributed by atoms with Crippen LogP contribution in [0.3, 0.4) is 0 Å². The van der Waals surface area contributed by atoms with Gasteiger partial charge in [0.1, 0.15) is 5.41 Å². The number of Topliss-reactive ketones (excluding diaryl/α,β-unsaturated/α-hetero) is 1. The number of ether oxygens (including phenoxy) is 1. The van der Waals surface area contributed by atoms with Gasteiger partial charge in [0.25, 0.3) is 0 Å². The predicted molar refractivity (Wildman–Crippen MR) is 88.7 cm³/mol. The lowest BCUT2D eigenvalue weighted by atomic mass is 10.0. The summed E-state index contributed by atoms with van der Waals surface area (Å²) >= 11 is 0. The summed E-state index contributed by atoms with van der Waals surface area (Å²) in [7, 11) is 0. The number of amides is 2. The van der Waals surface area contributed by atoms with Gasteiger partial charge >= 0.3 is 0 Å². The van der Waals surface area contributed by atoms with Crippen molar-refractivity contribution in [3.8, 4) is 0 Å². The largest absolute Gasteiger partial charge is 0.376 e. The first-order valence-corrected chi connectivity index (χ1v) is 8.34. The summed E-state index contributed by atoms with van der Waals surface area (Å²) < 4.78 is 5.48. The van der Waals surface area contributed by atoms with Crippen LogP contribution in [0.25, 0.3) is 0 Å². The highest BCUT2D eigenvalue weighted by atomic mass is 16.5. The fourth-order valence-corrected chi connectivity index (χ4v) is 2.93. The fourth-order valence-electron chi connectivity index (χ4n) is 2.93. The Bertz CT molecular complexity index is 661. The molecule has 1 saturated heterocycles. The zero-order chi connectivity index (χ0) is 17.2. The van der Waals surface area contributed by atoms with Crippen LogP contribution in [0.5, 0.6) is 0 Å². The van der Waals surface area contributed by atoms with E-state index in [1.165, 1.54) is 6.92 Å². The molecular formula is C18H22N2O4. The van der Waals surface area contributed by atoms with Crippen LogP contribution in [-0.2, 0) is 14.3 Å². The highest BCUT2D eigenvalue weighted by Crippen LogP contribution is 2.46. The number of carbonyl (C=O) groups excluding carboxylic acids is 3.